The van der Waals surface area contributed by atoms with Crippen LogP contribution < -0.4 is 5.32 Å². The molecule has 6 nitrogen and oxygen atoms in total. The second-order valence-electron chi connectivity index (χ2n) is 6.52. The molecule has 6 heteroatoms. The van der Waals surface area contributed by atoms with Crippen LogP contribution in [-0.2, 0) is 11.2 Å². The molecule has 0 saturated heterocycles. The van der Waals surface area contributed by atoms with E-state index in [1.807, 2.05) is 32.0 Å². The van der Waals surface area contributed by atoms with E-state index in [1.54, 1.807) is 4.52 Å². The predicted octanol–water partition coefficient (Wildman–Crippen LogP) is 3.44. The number of amides is 1. The van der Waals surface area contributed by atoms with Crippen LogP contribution in [0.15, 0.2) is 30.6 Å². The van der Waals surface area contributed by atoms with Crippen molar-refractivity contribution in [1.82, 2.24) is 19.6 Å². The Hall–Kier alpha value is -2.76. The van der Waals surface area contributed by atoms with Gasteiger partial charge < -0.3 is 5.32 Å². The molecule has 0 spiro atoms. The summed E-state index contributed by atoms with van der Waals surface area (Å²) in [6.45, 7) is 8.17. The maximum absolute atomic E-state index is 12.4. The molecule has 2 aromatic heterocycles. The number of aromatic nitrogens is 4. The van der Waals surface area contributed by atoms with Crippen molar-refractivity contribution in [2.45, 2.75) is 46.5 Å². The Labute approximate surface area is 147 Å². The standard InChI is InChI=1S/C19H23N5O/c1-12(2)15-7-5-6-8-17(15)23-18(25)10-9-16-13(3)22-19-20-11-21-24(19)14(16)4/h5-8,11-12H,9-10H2,1-4H3,(H,23,25). The average molecular weight is 337 g/mol. The van der Waals surface area contributed by atoms with E-state index in [4.69, 9.17) is 0 Å². The van der Waals surface area contributed by atoms with Crippen LogP contribution in [0.2, 0.25) is 0 Å². The summed E-state index contributed by atoms with van der Waals surface area (Å²) in [6, 6.07) is 7.94. The van der Waals surface area contributed by atoms with Gasteiger partial charge in [0.2, 0.25) is 5.91 Å². The lowest BCUT2D eigenvalue weighted by Crippen LogP contribution is -2.15. The van der Waals surface area contributed by atoms with Crippen molar-refractivity contribution in [3.63, 3.8) is 0 Å². The van der Waals surface area contributed by atoms with Gasteiger partial charge in [0.15, 0.2) is 0 Å². The fourth-order valence-electron chi connectivity index (χ4n) is 3.08. The van der Waals surface area contributed by atoms with Gasteiger partial charge in [-0.3, -0.25) is 4.79 Å². The van der Waals surface area contributed by atoms with Crippen LogP contribution >= 0.6 is 0 Å². The van der Waals surface area contributed by atoms with Gasteiger partial charge in [-0.05, 0) is 43.4 Å². The maximum Gasteiger partial charge on any atom is 0.252 e. The van der Waals surface area contributed by atoms with E-state index in [1.165, 1.54) is 6.33 Å². The molecular weight excluding hydrogens is 314 g/mol. The van der Waals surface area contributed by atoms with Crippen LogP contribution in [-0.4, -0.2) is 25.5 Å². The van der Waals surface area contributed by atoms with Crippen LogP contribution in [0.1, 0.15) is 48.7 Å². The van der Waals surface area contributed by atoms with Gasteiger partial charge in [0.05, 0.1) is 0 Å². The molecule has 0 unspecified atom stereocenters. The van der Waals surface area contributed by atoms with Gasteiger partial charge in [0, 0.05) is 23.5 Å². The molecule has 1 N–H and O–H groups in total. The summed E-state index contributed by atoms with van der Waals surface area (Å²) in [5, 5.41) is 7.23. The van der Waals surface area contributed by atoms with Crippen molar-refractivity contribution in [1.29, 1.82) is 0 Å². The van der Waals surface area contributed by atoms with Gasteiger partial charge in [-0.2, -0.15) is 10.1 Å². The second-order valence-corrected chi connectivity index (χ2v) is 6.52. The number of nitrogens with zero attached hydrogens (tertiary/aromatic N) is 4. The second kappa shape index (κ2) is 7.01. The smallest absolute Gasteiger partial charge is 0.252 e. The normalized spacial score (nSPS) is 11.2. The zero-order valence-electron chi connectivity index (χ0n) is 15.1. The zero-order chi connectivity index (χ0) is 18.0. The van der Waals surface area contributed by atoms with Crippen molar-refractivity contribution in [3.05, 3.63) is 53.1 Å². The van der Waals surface area contributed by atoms with Gasteiger partial charge in [-0.15, -0.1) is 0 Å². The molecule has 0 atom stereocenters. The van der Waals surface area contributed by atoms with Crippen LogP contribution in [0.5, 0.6) is 0 Å². The van der Waals surface area contributed by atoms with Crippen molar-refractivity contribution < 1.29 is 4.79 Å². The topological polar surface area (TPSA) is 72.2 Å². The Morgan fingerprint density at radius 3 is 2.76 bits per heavy atom. The number of aryl methyl sites for hydroxylation is 2. The Kier molecular flexibility index (Phi) is 4.79. The van der Waals surface area contributed by atoms with Crippen molar-refractivity contribution >= 4 is 17.4 Å². The Bertz CT molecular complexity index is 913. The summed E-state index contributed by atoms with van der Waals surface area (Å²) in [4.78, 5) is 21.0. The SMILES string of the molecule is Cc1nc2ncnn2c(C)c1CCC(=O)Nc1ccccc1C(C)C. The van der Waals surface area contributed by atoms with Crippen molar-refractivity contribution in [2.24, 2.45) is 0 Å². The van der Waals surface area contributed by atoms with E-state index in [9.17, 15) is 4.79 Å². The highest BCUT2D eigenvalue weighted by Gasteiger charge is 2.14. The lowest BCUT2D eigenvalue weighted by molar-refractivity contribution is -0.116. The van der Waals surface area contributed by atoms with E-state index in [0.29, 0.717) is 24.5 Å². The number of carbonyl (C=O) groups excluding carboxylic acids is 1. The molecule has 0 aliphatic carbocycles. The molecule has 2 heterocycles. The van der Waals surface area contributed by atoms with Crippen LogP contribution in [0, 0.1) is 13.8 Å². The number of carbonyl (C=O) groups is 1. The molecule has 0 aliphatic rings. The summed E-state index contributed by atoms with van der Waals surface area (Å²) >= 11 is 0. The van der Waals surface area contributed by atoms with Crippen LogP contribution in [0.3, 0.4) is 0 Å². The van der Waals surface area contributed by atoms with E-state index < -0.39 is 0 Å². The van der Waals surface area contributed by atoms with Gasteiger partial charge in [-0.25, -0.2) is 9.50 Å². The van der Waals surface area contributed by atoms with Gasteiger partial charge >= 0.3 is 0 Å². The molecule has 0 bridgehead atoms. The predicted molar refractivity (Wildman–Crippen MR) is 97.7 cm³/mol. The molecule has 25 heavy (non-hydrogen) atoms. The lowest BCUT2D eigenvalue weighted by Gasteiger charge is -2.14. The lowest BCUT2D eigenvalue weighted by atomic mass is 10.0. The number of benzene rings is 1. The molecule has 3 aromatic rings. The molecule has 0 aliphatic heterocycles. The molecule has 1 aromatic carbocycles. The number of rotatable bonds is 5. The Balaban J connectivity index is 1.73. The molecule has 3 rings (SSSR count). The quantitative estimate of drug-likeness (QED) is 0.774. The average Bonchev–Trinajstić information content (AvgIpc) is 3.03. The summed E-state index contributed by atoms with van der Waals surface area (Å²) in [5.74, 6) is 0.958. The summed E-state index contributed by atoms with van der Waals surface area (Å²) in [7, 11) is 0. The minimum absolute atomic E-state index is 0.00517. The number of fused-ring (bicyclic) bond motifs is 1. The van der Waals surface area contributed by atoms with Crippen molar-refractivity contribution in [2.75, 3.05) is 5.32 Å². The highest BCUT2D eigenvalue weighted by molar-refractivity contribution is 5.91. The fourth-order valence-corrected chi connectivity index (χ4v) is 3.08. The van der Waals surface area contributed by atoms with Crippen LogP contribution in [0.25, 0.3) is 5.78 Å². The number of nitrogens with one attached hydrogen (secondary N) is 1. The Morgan fingerprint density at radius 2 is 2.00 bits per heavy atom. The first-order valence-corrected chi connectivity index (χ1v) is 8.52. The van der Waals surface area contributed by atoms with Gasteiger partial charge in [0.25, 0.3) is 5.78 Å². The molecule has 0 fully saturated rings. The number of para-hydroxylation sites is 1. The fraction of sp³-hybridized carbons (Fsp3) is 0.368. The first kappa shape index (κ1) is 17.1. The maximum atomic E-state index is 12.4. The summed E-state index contributed by atoms with van der Waals surface area (Å²) < 4.78 is 1.72. The monoisotopic (exact) mass is 337 g/mol. The largest absolute Gasteiger partial charge is 0.326 e. The zero-order valence-corrected chi connectivity index (χ0v) is 15.1. The summed E-state index contributed by atoms with van der Waals surface area (Å²) in [5.41, 5.74) is 4.96. The Morgan fingerprint density at radius 1 is 1.24 bits per heavy atom. The van der Waals surface area contributed by atoms with Crippen LogP contribution in [0.4, 0.5) is 5.69 Å². The molecule has 0 saturated carbocycles. The highest BCUT2D eigenvalue weighted by Crippen LogP contribution is 2.24. The van der Waals surface area contributed by atoms with E-state index in [0.717, 1.165) is 28.2 Å². The minimum Gasteiger partial charge on any atom is -0.326 e. The number of hydrogen-bond acceptors (Lipinski definition) is 4. The number of anilines is 1. The third-order valence-corrected chi connectivity index (χ3v) is 4.45. The molecular formula is C19H23N5O. The summed E-state index contributed by atoms with van der Waals surface area (Å²) in [6.07, 6.45) is 2.51. The first-order valence-electron chi connectivity index (χ1n) is 8.52. The highest BCUT2D eigenvalue weighted by atomic mass is 16.1. The third-order valence-electron chi connectivity index (χ3n) is 4.45. The van der Waals surface area contributed by atoms with E-state index >= 15 is 0 Å². The number of hydrogen-bond donors (Lipinski definition) is 1. The molecule has 1 amide bonds. The first-order chi connectivity index (χ1) is 12.0. The third kappa shape index (κ3) is 3.52. The minimum atomic E-state index is 0.00517. The molecule has 130 valence electrons. The van der Waals surface area contributed by atoms with Crippen molar-refractivity contribution in [3.8, 4) is 0 Å². The van der Waals surface area contributed by atoms with E-state index in [-0.39, 0.29) is 5.91 Å². The van der Waals surface area contributed by atoms with Gasteiger partial charge in [-0.1, -0.05) is 32.0 Å². The van der Waals surface area contributed by atoms with Gasteiger partial charge in [0.1, 0.15) is 6.33 Å². The molecule has 0 radical (unpaired) electrons. The van der Waals surface area contributed by atoms with E-state index in [2.05, 4.69) is 40.3 Å².